The topological polar surface area (TPSA) is 45.5 Å². The predicted molar refractivity (Wildman–Crippen MR) is 85.1 cm³/mol. The number of hydrogen-bond donors (Lipinski definition) is 1. The number of hydrogen-bond acceptors (Lipinski definition) is 4. The van der Waals surface area contributed by atoms with Crippen molar-refractivity contribution in [2.24, 2.45) is 5.92 Å². The second-order valence-electron chi connectivity index (χ2n) is 5.95. The molecule has 0 saturated carbocycles. The fraction of sp³-hybridized carbons (Fsp3) is 0.353. The van der Waals surface area contributed by atoms with Gasteiger partial charge in [0.05, 0.1) is 6.26 Å². The Labute approximate surface area is 133 Å². The van der Waals surface area contributed by atoms with Gasteiger partial charge in [0, 0.05) is 29.6 Å². The Morgan fingerprint density at radius 1 is 1.23 bits per heavy atom. The molecule has 22 heavy (non-hydrogen) atoms. The van der Waals surface area contributed by atoms with Gasteiger partial charge in [-0.2, -0.15) is 0 Å². The van der Waals surface area contributed by atoms with Crippen molar-refractivity contribution in [2.45, 2.75) is 22.5 Å². The predicted octanol–water partition coefficient (Wildman–Crippen LogP) is 2.86. The highest BCUT2D eigenvalue weighted by Gasteiger charge is 2.38. The van der Waals surface area contributed by atoms with E-state index in [1.165, 1.54) is 13.0 Å². The van der Waals surface area contributed by atoms with Crippen molar-refractivity contribution in [2.75, 3.05) is 19.6 Å². The van der Waals surface area contributed by atoms with E-state index < -0.39 is 0 Å². The van der Waals surface area contributed by atoms with E-state index >= 15 is 0 Å². The molecule has 1 aromatic heterocycles. The zero-order chi connectivity index (χ0) is 14.9. The van der Waals surface area contributed by atoms with Crippen LogP contribution in [0.5, 0.6) is 0 Å². The lowest BCUT2D eigenvalue weighted by molar-refractivity contribution is 0.0924. The van der Waals surface area contributed by atoms with Crippen molar-refractivity contribution < 1.29 is 9.21 Å². The highest BCUT2D eigenvalue weighted by atomic mass is 32.2. The molecule has 3 atom stereocenters. The average Bonchev–Trinajstić information content (AvgIpc) is 3.25. The summed E-state index contributed by atoms with van der Waals surface area (Å²) in [6, 6.07) is 11.8. The van der Waals surface area contributed by atoms with Crippen LogP contribution in [0, 0.1) is 5.92 Å². The van der Waals surface area contributed by atoms with Gasteiger partial charge in [0.2, 0.25) is 0 Å². The number of rotatable bonds is 4. The summed E-state index contributed by atoms with van der Waals surface area (Å²) in [4.78, 5) is 15.8. The summed E-state index contributed by atoms with van der Waals surface area (Å²) in [5.41, 5.74) is 0.724. The molecule has 1 aromatic carbocycles. The molecule has 2 aromatic rings. The fourth-order valence-electron chi connectivity index (χ4n) is 3.31. The molecule has 2 saturated heterocycles. The number of carbonyl (C=O) groups is 1. The molecule has 0 aliphatic carbocycles. The smallest absolute Gasteiger partial charge is 0.251 e. The molecule has 0 radical (unpaired) electrons. The molecule has 4 nitrogen and oxygen atoms in total. The van der Waals surface area contributed by atoms with E-state index in [1.54, 1.807) is 18.0 Å². The Kier molecular flexibility index (Phi) is 3.68. The van der Waals surface area contributed by atoms with Gasteiger partial charge in [-0.05, 0) is 55.3 Å². The van der Waals surface area contributed by atoms with Crippen LogP contribution in [0.4, 0.5) is 0 Å². The van der Waals surface area contributed by atoms with Crippen molar-refractivity contribution in [3.63, 3.8) is 0 Å². The maximum atomic E-state index is 12.4. The summed E-state index contributed by atoms with van der Waals surface area (Å²) in [6.07, 6.45) is 2.87. The van der Waals surface area contributed by atoms with Gasteiger partial charge in [-0.15, -0.1) is 0 Å². The Morgan fingerprint density at radius 3 is 2.73 bits per heavy atom. The first-order valence-corrected chi connectivity index (χ1v) is 8.44. The number of piperidine rings is 1. The molecule has 2 unspecified atom stereocenters. The zero-order valence-electron chi connectivity index (χ0n) is 12.2. The number of benzene rings is 1. The van der Waals surface area contributed by atoms with Gasteiger partial charge in [-0.1, -0.05) is 11.8 Å². The van der Waals surface area contributed by atoms with Crippen LogP contribution < -0.4 is 5.32 Å². The van der Waals surface area contributed by atoms with Crippen LogP contribution in [0.1, 0.15) is 16.8 Å². The molecule has 4 rings (SSSR count). The van der Waals surface area contributed by atoms with Crippen LogP contribution in [-0.4, -0.2) is 36.5 Å². The van der Waals surface area contributed by atoms with Crippen LogP contribution >= 0.6 is 11.8 Å². The van der Waals surface area contributed by atoms with E-state index in [0.717, 1.165) is 28.6 Å². The van der Waals surface area contributed by atoms with Gasteiger partial charge in [0.25, 0.3) is 5.91 Å². The van der Waals surface area contributed by atoms with Gasteiger partial charge in [0.15, 0.2) is 5.09 Å². The van der Waals surface area contributed by atoms with Crippen molar-refractivity contribution in [1.82, 2.24) is 10.2 Å². The fourth-order valence-corrected chi connectivity index (χ4v) is 4.07. The first kappa shape index (κ1) is 13.9. The van der Waals surface area contributed by atoms with Crippen LogP contribution in [0.3, 0.4) is 0 Å². The monoisotopic (exact) mass is 314 g/mol. The minimum absolute atomic E-state index is 0.0355. The summed E-state index contributed by atoms with van der Waals surface area (Å²) >= 11 is 1.55. The Hall–Kier alpha value is -1.72. The third-order valence-corrected chi connectivity index (χ3v) is 5.42. The van der Waals surface area contributed by atoms with E-state index in [1.807, 2.05) is 36.4 Å². The minimum Gasteiger partial charge on any atom is -0.458 e. The molecule has 2 fully saturated rings. The summed E-state index contributed by atoms with van der Waals surface area (Å²) in [6.45, 7) is 3.34. The van der Waals surface area contributed by atoms with Gasteiger partial charge >= 0.3 is 0 Å². The van der Waals surface area contributed by atoms with E-state index in [9.17, 15) is 4.79 Å². The number of carbonyl (C=O) groups excluding carboxylic acids is 1. The normalized spacial score (nSPS) is 26.3. The third kappa shape index (κ3) is 2.78. The average molecular weight is 314 g/mol. The first-order chi connectivity index (χ1) is 10.8. The second kappa shape index (κ2) is 5.82. The second-order valence-corrected chi connectivity index (χ2v) is 7.02. The molecule has 1 N–H and O–H groups in total. The SMILES string of the molecule is O=C(NC1CN2CC[C@H]1C2)c1ccc(Sc2ccco2)cc1. The number of nitrogens with one attached hydrogen (secondary N) is 1. The maximum absolute atomic E-state index is 12.4. The van der Waals surface area contributed by atoms with Gasteiger partial charge in [0.1, 0.15) is 0 Å². The van der Waals surface area contributed by atoms with E-state index in [2.05, 4.69) is 10.2 Å². The van der Waals surface area contributed by atoms with Crippen molar-refractivity contribution >= 4 is 17.7 Å². The van der Waals surface area contributed by atoms with Gasteiger partial charge in [-0.25, -0.2) is 0 Å². The molecule has 2 aliphatic rings. The summed E-state index contributed by atoms with van der Waals surface area (Å²) in [5, 5.41) is 4.04. The molecular weight excluding hydrogens is 296 g/mol. The molecule has 1 amide bonds. The number of furan rings is 1. The molecule has 2 aliphatic heterocycles. The summed E-state index contributed by atoms with van der Waals surface area (Å²) < 4.78 is 5.31. The lowest BCUT2D eigenvalue weighted by atomic mass is 9.99. The molecule has 114 valence electrons. The van der Waals surface area contributed by atoms with Crippen LogP contribution in [0.2, 0.25) is 0 Å². The molecule has 3 heterocycles. The highest BCUT2D eigenvalue weighted by molar-refractivity contribution is 7.99. The highest BCUT2D eigenvalue weighted by Crippen LogP contribution is 2.29. The Balaban J connectivity index is 1.38. The van der Waals surface area contributed by atoms with Crippen molar-refractivity contribution in [3.05, 3.63) is 48.2 Å². The minimum atomic E-state index is 0.0355. The van der Waals surface area contributed by atoms with Crippen LogP contribution in [0.25, 0.3) is 0 Å². The van der Waals surface area contributed by atoms with E-state index in [-0.39, 0.29) is 5.91 Å². The van der Waals surface area contributed by atoms with Crippen molar-refractivity contribution in [1.29, 1.82) is 0 Å². The van der Waals surface area contributed by atoms with E-state index in [4.69, 9.17) is 4.42 Å². The maximum Gasteiger partial charge on any atom is 0.251 e. The van der Waals surface area contributed by atoms with Gasteiger partial charge in [-0.3, -0.25) is 4.79 Å². The number of amides is 1. The lowest BCUT2D eigenvalue weighted by Gasteiger charge is -2.23. The number of nitrogens with zero attached hydrogens (tertiary/aromatic N) is 1. The Morgan fingerprint density at radius 2 is 2.09 bits per heavy atom. The van der Waals surface area contributed by atoms with Crippen molar-refractivity contribution in [3.8, 4) is 0 Å². The quantitative estimate of drug-likeness (QED) is 0.942. The van der Waals surface area contributed by atoms with Crippen LogP contribution in [0.15, 0.2) is 57.1 Å². The molecular formula is C17H18N2O2S. The first-order valence-electron chi connectivity index (χ1n) is 7.62. The lowest BCUT2D eigenvalue weighted by Crippen LogP contribution is -2.43. The van der Waals surface area contributed by atoms with Crippen LogP contribution in [-0.2, 0) is 0 Å². The number of fused-ring (bicyclic) bond motifs is 2. The Bertz CT molecular complexity index is 654. The standard InChI is InChI=1S/C17H18N2O2S/c20-17(18-15-11-19-8-7-13(15)10-19)12-3-5-14(6-4-12)22-16-2-1-9-21-16/h1-6,9,13,15H,7-8,10-11H2,(H,18,20)/t13-,15?/m0/s1. The molecule has 2 bridgehead atoms. The summed E-state index contributed by atoms with van der Waals surface area (Å²) in [7, 11) is 0. The zero-order valence-corrected chi connectivity index (χ0v) is 13.0. The molecule has 0 spiro atoms. The molecule has 5 heteroatoms. The third-order valence-electron chi connectivity index (χ3n) is 4.48. The largest absolute Gasteiger partial charge is 0.458 e. The van der Waals surface area contributed by atoms with E-state index in [0.29, 0.717) is 12.0 Å². The van der Waals surface area contributed by atoms with Gasteiger partial charge < -0.3 is 14.6 Å². The summed E-state index contributed by atoms with van der Waals surface area (Å²) in [5.74, 6) is 0.672.